The van der Waals surface area contributed by atoms with Gasteiger partial charge in [0.05, 0.1) is 51.1 Å². The number of benzene rings is 3. The van der Waals surface area contributed by atoms with Crippen LogP contribution in [0.15, 0.2) is 80.1 Å². The zero-order valence-corrected chi connectivity index (χ0v) is 29.0. The number of fused-ring (bicyclic) bond motifs is 1. The number of methoxy groups -OCH3 is 1. The molecule has 0 amide bonds. The molecule has 4 aromatic rings. The molecule has 0 aliphatic carbocycles. The van der Waals surface area contributed by atoms with E-state index in [4.69, 9.17) is 18.9 Å². The predicted octanol–water partition coefficient (Wildman–Crippen LogP) is 5.98. The minimum Gasteiger partial charge on any atom is -0.493 e. The maximum absolute atomic E-state index is 14.2. The van der Waals surface area contributed by atoms with Crippen LogP contribution in [0, 0.1) is 15.9 Å². The van der Waals surface area contributed by atoms with Crippen LogP contribution in [0.1, 0.15) is 50.4 Å². The average molecular weight is 741 g/mol. The van der Waals surface area contributed by atoms with Gasteiger partial charge in [-0.15, -0.1) is 0 Å². The fraction of sp³-hybridized carbons (Fsp3) is 0.265. The van der Waals surface area contributed by atoms with Crippen molar-refractivity contribution in [2.45, 2.75) is 46.4 Å². The lowest BCUT2D eigenvalue weighted by Gasteiger charge is -2.25. The predicted molar refractivity (Wildman–Crippen MR) is 181 cm³/mol. The van der Waals surface area contributed by atoms with Gasteiger partial charge in [0.25, 0.3) is 5.56 Å². The van der Waals surface area contributed by atoms with Gasteiger partial charge in [-0.05, 0) is 85.1 Å². The molecule has 0 fully saturated rings. The minimum atomic E-state index is -0.917. The first-order valence-corrected chi connectivity index (χ1v) is 16.4. The van der Waals surface area contributed by atoms with Crippen LogP contribution in [-0.4, -0.2) is 35.3 Å². The Labute approximate surface area is 286 Å². The summed E-state index contributed by atoms with van der Waals surface area (Å²) in [6.07, 6.45) is 1.38. The van der Waals surface area contributed by atoms with Gasteiger partial charge in [0.2, 0.25) is 5.75 Å². The average Bonchev–Trinajstić information content (AvgIpc) is 3.33. The molecule has 0 bridgehead atoms. The topological polar surface area (TPSA) is 131 Å². The van der Waals surface area contributed by atoms with E-state index >= 15 is 0 Å². The van der Waals surface area contributed by atoms with Crippen LogP contribution >= 0.6 is 27.3 Å². The molecule has 0 unspecified atom stereocenters. The Morgan fingerprint density at radius 1 is 1.19 bits per heavy atom. The normalized spacial score (nSPS) is 14.4. The molecule has 1 aliphatic heterocycles. The second-order valence-corrected chi connectivity index (χ2v) is 12.7. The molecule has 0 radical (unpaired) electrons. The highest BCUT2D eigenvalue weighted by Gasteiger charge is 2.34. The Morgan fingerprint density at radius 3 is 2.60 bits per heavy atom. The number of halogens is 2. The third kappa shape index (κ3) is 7.04. The Kier molecular flexibility index (Phi) is 10.4. The number of ether oxygens (including phenoxy) is 4. The van der Waals surface area contributed by atoms with Gasteiger partial charge < -0.3 is 18.9 Å². The van der Waals surface area contributed by atoms with E-state index in [1.165, 1.54) is 42.0 Å². The molecule has 14 heteroatoms. The molecule has 1 aliphatic rings. The number of carbonyl (C=O) groups is 1. The number of nitro benzene ring substituents is 1. The summed E-state index contributed by atoms with van der Waals surface area (Å²) < 4.78 is 38.5. The van der Waals surface area contributed by atoms with E-state index in [9.17, 15) is 24.1 Å². The van der Waals surface area contributed by atoms with Gasteiger partial charge in [-0.25, -0.2) is 14.2 Å². The zero-order chi connectivity index (χ0) is 34.7. The third-order valence-electron chi connectivity index (χ3n) is 7.25. The van der Waals surface area contributed by atoms with E-state index in [1.54, 1.807) is 44.2 Å². The number of nitrogens with zero attached hydrogens (tertiary/aromatic N) is 3. The summed E-state index contributed by atoms with van der Waals surface area (Å²) in [7, 11) is 1.50. The van der Waals surface area contributed by atoms with Crippen LogP contribution in [-0.2, 0) is 16.1 Å². The van der Waals surface area contributed by atoms with Crippen molar-refractivity contribution in [3.8, 4) is 17.2 Å². The maximum Gasteiger partial charge on any atom is 0.338 e. The van der Waals surface area contributed by atoms with Crippen molar-refractivity contribution in [2.24, 2.45) is 4.99 Å². The lowest BCUT2D eigenvalue weighted by molar-refractivity contribution is -0.386. The van der Waals surface area contributed by atoms with Crippen LogP contribution in [0.2, 0.25) is 0 Å². The van der Waals surface area contributed by atoms with Crippen molar-refractivity contribution < 1.29 is 33.1 Å². The quantitative estimate of drug-likeness (QED) is 0.104. The SMILES string of the molecule is CCOC(=O)C1=C(C)N=c2s/c(=C/c3cc(Br)c(OCc4ccccc4F)c([N+](=O)[O-])c3)c(=O)n2[C@@H]1c1ccc(OC(C)C)c(OC)c1. The van der Waals surface area contributed by atoms with E-state index in [0.29, 0.717) is 33.1 Å². The van der Waals surface area contributed by atoms with E-state index in [2.05, 4.69) is 20.9 Å². The molecule has 0 N–H and O–H groups in total. The van der Waals surface area contributed by atoms with E-state index in [-0.39, 0.29) is 50.9 Å². The first kappa shape index (κ1) is 34.5. The summed E-state index contributed by atoms with van der Waals surface area (Å²) in [5.41, 5.74) is 0.824. The Morgan fingerprint density at radius 2 is 1.94 bits per heavy atom. The molecule has 0 spiro atoms. The van der Waals surface area contributed by atoms with E-state index in [1.807, 2.05) is 13.8 Å². The number of rotatable bonds is 11. The summed E-state index contributed by atoms with van der Waals surface area (Å²) in [5.74, 6) is -0.298. The largest absolute Gasteiger partial charge is 0.493 e. The summed E-state index contributed by atoms with van der Waals surface area (Å²) in [5, 5.41) is 12.1. The van der Waals surface area contributed by atoms with Crippen LogP contribution in [0.3, 0.4) is 0 Å². The van der Waals surface area contributed by atoms with E-state index < -0.39 is 28.3 Å². The second-order valence-electron chi connectivity index (χ2n) is 10.9. The number of nitro groups is 1. The fourth-order valence-electron chi connectivity index (χ4n) is 5.19. The molecule has 11 nitrogen and oxygen atoms in total. The number of hydrogen-bond acceptors (Lipinski definition) is 10. The lowest BCUT2D eigenvalue weighted by atomic mass is 9.95. The first-order valence-electron chi connectivity index (χ1n) is 14.8. The Hall–Kier alpha value is -4.82. The molecule has 0 saturated carbocycles. The van der Waals surface area contributed by atoms with Gasteiger partial charge in [0.1, 0.15) is 12.4 Å². The third-order valence-corrected chi connectivity index (χ3v) is 8.83. The van der Waals surface area contributed by atoms with Crippen molar-refractivity contribution in [1.29, 1.82) is 0 Å². The van der Waals surface area contributed by atoms with Crippen molar-refractivity contribution in [3.05, 3.63) is 123 Å². The van der Waals surface area contributed by atoms with Gasteiger partial charge in [-0.3, -0.25) is 19.5 Å². The van der Waals surface area contributed by atoms with Crippen molar-refractivity contribution in [2.75, 3.05) is 13.7 Å². The summed E-state index contributed by atoms with van der Waals surface area (Å²) in [4.78, 5) is 43.8. The van der Waals surface area contributed by atoms with Gasteiger partial charge in [0, 0.05) is 11.6 Å². The van der Waals surface area contributed by atoms with Crippen LogP contribution in [0.4, 0.5) is 10.1 Å². The van der Waals surface area contributed by atoms with Gasteiger partial charge in [-0.2, -0.15) is 0 Å². The van der Waals surface area contributed by atoms with Crippen molar-refractivity contribution in [1.82, 2.24) is 4.57 Å². The molecule has 48 heavy (non-hydrogen) atoms. The molecule has 1 aromatic heterocycles. The van der Waals surface area contributed by atoms with Crippen molar-refractivity contribution in [3.63, 3.8) is 0 Å². The van der Waals surface area contributed by atoms with Gasteiger partial charge in [-0.1, -0.05) is 35.6 Å². The Bertz CT molecular complexity index is 2130. The number of aromatic nitrogens is 1. The van der Waals surface area contributed by atoms with Crippen LogP contribution < -0.4 is 29.1 Å². The monoisotopic (exact) mass is 739 g/mol. The zero-order valence-electron chi connectivity index (χ0n) is 26.6. The number of thiazole rings is 1. The maximum atomic E-state index is 14.2. The minimum absolute atomic E-state index is 0.0876. The number of hydrogen-bond donors (Lipinski definition) is 0. The second kappa shape index (κ2) is 14.5. The number of esters is 1. The standard InChI is InChI=1S/C34H31BrFN3O8S/c1-6-45-33(41)29-19(4)37-34-38(30(29)21-11-12-26(47-18(2)3)27(16-21)44-5)32(40)28(48-34)15-20-13-23(35)31(25(14-20)39(42)43)46-17-22-9-7-8-10-24(22)36/h7-16,18,30H,6,17H2,1-5H3/b28-15+/t30-/m1/s1. The molecule has 1 atom stereocenters. The van der Waals surface area contributed by atoms with E-state index in [0.717, 1.165) is 11.3 Å². The fourth-order valence-corrected chi connectivity index (χ4v) is 6.82. The highest BCUT2D eigenvalue weighted by Crippen LogP contribution is 2.38. The number of carbonyl (C=O) groups excluding carboxylic acids is 1. The molecular weight excluding hydrogens is 709 g/mol. The molecular formula is C34H31BrFN3O8S. The van der Waals surface area contributed by atoms with Crippen molar-refractivity contribution >= 4 is 45.0 Å². The van der Waals surface area contributed by atoms with Crippen LogP contribution in [0.25, 0.3) is 6.08 Å². The molecule has 250 valence electrons. The van der Waals surface area contributed by atoms with Gasteiger partial charge >= 0.3 is 11.7 Å². The highest BCUT2D eigenvalue weighted by molar-refractivity contribution is 9.10. The summed E-state index contributed by atoms with van der Waals surface area (Å²) in [6.45, 7) is 7.01. The molecule has 0 saturated heterocycles. The molecule has 2 heterocycles. The molecule has 3 aromatic carbocycles. The smallest absolute Gasteiger partial charge is 0.338 e. The summed E-state index contributed by atoms with van der Waals surface area (Å²) >= 11 is 4.42. The van der Waals surface area contributed by atoms with Crippen LogP contribution in [0.5, 0.6) is 17.2 Å². The first-order chi connectivity index (χ1) is 22.9. The highest BCUT2D eigenvalue weighted by atomic mass is 79.9. The summed E-state index contributed by atoms with van der Waals surface area (Å²) in [6, 6.07) is 13.1. The Balaban J connectivity index is 1.62. The van der Waals surface area contributed by atoms with Gasteiger partial charge in [0.15, 0.2) is 16.3 Å². The number of allylic oxidation sites excluding steroid dienone is 1. The molecule has 5 rings (SSSR count). The lowest BCUT2D eigenvalue weighted by Crippen LogP contribution is -2.40.